The number of amides is 2. The van der Waals surface area contributed by atoms with Crippen molar-refractivity contribution in [3.63, 3.8) is 0 Å². The Bertz CT molecular complexity index is 1040. The average molecular weight is 383 g/mol. The molecule has 3 N–H and O–H groups in total. The number of fused-ring (bicyclic) bond motifs is 1. The van der Waals surface area contributed by atoms with Gasteiger partial charge in [0, 0.05) is 24.0 Å². The molecule has 0 bridgehead atoms. The number of aryl methyl sites for hydroxylation is 1. The van der Waals surface area contributed by atoms with E-state index in [0.717, 1.165) is 5.56 Å². The molecule has 2 aromatic carbocycles. The maximum Gasteiger partial charge on any atom is 0.242 e. The van der Waals surface area contributed by atoms with Crippen LogP contribution in [0, 0.1) is 11.6 Å². The number of halogens is 2. The maximum absolute atomic E-state index is 14.3. The van der Waals surface area contributed by atoms with E-state index in [0.29, 0.717) is 41.5 Å². The number of hydrogen-bond acceptors (Lipinski definition) is 2. The molecule has 7 heteroatoms. The Labute approximate surface area is 160 Å². The molecule has 28 heavy (non-hydrogen) atoms. The van der Waals surface area contributed by atoms with Gasteiger partial charge in [-0.3, -0.25) is 9.59 Å². The van der Waals surface area contributed by atoms with Gasteiger partial charge in [-0.05, 0) is 54.3 Å². The SMILES string of the molecule is O=C(CCc1c(-c2ccc(F)cc2)[nH]c2c(F)cccc12)NC1CCNC1=O. The first-order valence-electron chi connectivity index (χ1n) is 9.15. The highest BCUT2D eigenvalue weighted by Crippen LogP contribution is 2.32. The fourth-order valence-corrected chi connectivity index (χ4v) is 3.60. The van der Waals surface area contributed by atoms with Crippen molar-refractivity contribution >= 4 is 22.7 Å². The Balaban J connectivity index is 1.62. The number of carbonyl (C=O) groups excluding carboxylic acids is 2. The van der Waals surface area contributed by atoms with E-state index in [4.69, 9.17) is 0 Å². The number of benzene rings is 2. The van der Waals surface area contributed by atoms with Gasteiger partial charge in [0.2, 0.25) is 11.8 Å². The Morgan fingerprint density at radius 3 is 2.64 bits per heavy atom. The maximum atomic E-state index is 14.3. The molecule has 144 valence electrons. The van der Waals surface area contributed by atoms with E-state index >= 15 is 0 Å². The minimum atomic E-state index is -0.496. The van der Waals surface area contributed by atoms with Crippen LogP contribution in [0.3, 0.4) is 0 Å². The lowest BCUT2D eigenvalue weighted by atomic mass is 10.0. The van der Waals surface area contributed by atoms with Crippen LogP contribution in [0.1, 0.15) is 18.4 Å². The summed E-state index contributed by atoms with van der Waals surface area (Å²) in [6, 6.07) is 10.2. The monoisotopic (exact) mass is 383 g/mol. The summed E-state index contributed by atoms with van der Waals surface area (Å²) in [5.41, 5.74) is 2.51. The van der Waals surface area contributed by atoms with Gasteiger partial charge in [-0.1, -0.05) is 12.1 Å². The lowest BCUT2D eigenvalue weighted by Gasteiger charge is -2.10. The predicted molar refractivity (Wildman–Crippen MR) is 102 cm³/mol. The zero-order valence-electron chi connectivity index (χ0n) is 15.0. The number of rotatable bonds is 5. The Morgan fingerprint density at radius 2 is 1.93 bits per heavy atom. The standard InChI is InChI=1S/C21H19F2N3O2/c22-13-6-4-12(5-7-13)19-15(14-2-1-3-16(23)20(14)26-19)8-9-18(27)25-17-10-11-24-21(17)28/h1-7,17,26H,8-11H2,(H,24,28)(H,25,27). The molecule has 1 fully saturated rings. The normalized spacial score (nSPS) is 16.4. The molecule has 0 saturated carbocycles. The molecule has 1 saturated heterocycles. The van der Waals surface area contributed by atoms with Crippen LogP contribution in [0.25, 0.3) is 22.2 Å². The van der Waals surface area contributed by atoms with Gasteiger partial charge in [-0.15, -0.1) is 0 Å². The summed E-state index contributed by atoms with van der Waals surface area (Å²) >= 11 is 0. The number of nitrogens with one attached hydrogen (secondary N) is 3. The highest BCUT2D eigenvalue weighted by Gasteiger charge is 2.25. The predicted octanol–water partition coefficient (Wildman–Crippen LogP) is 3.05. The smallest absolute Gasteiger partial charge is 0.242 e. The molecule has 3 aromatic rings. The highest BCUT2D eigenvalue weighted by molar-refractivity contribution is 5.92. The van der Waals surface area contributed by atoms with Crippen molar-refractivity contribution < 1.29 is 18.4 Å². The second kappa shape index (κ2) is 7.42. The molecular formula is C21H19F2N3O2. The van der Waals surface area contributed by atoms with Crippen molar-refractivity contribution in [2.24, 2.45) is 0 Å². The van der Waals surface area contributed by atoms with E-state index in [1.807, 2.05) is 0 Å². The minimum Gasteiger partial charge on any atom is -0.354 e. The third-order valence-electron chi connectivity index (χ3n) is 5.01. The molecule has 1 aromatic heterocycles. The van der Waals surface area contributed by atoms with E-state index in [1.165, 1.54) is 18.2 Å². The van der Waals surface area contributed by atoms with E-state index in [2.05, 4.69) is 15.6 Å². The molecule has 2 heterocycles. The summed E-state index contributed by atoms with van der Waals surface area (Å²) < 4.78 is 27.6. The molecule has 0 aliphatic carbocycles. The fraction of sp³-hybridized carbons (Fsp3) is 0.238. The van der Waals surface area contributed by atoms with Gasteiger partial charge in [-0.2, -0.15) is 0 Å². The van der Waals surface area contributed by atoms with Gasteiger partial charge in [0.25, 0.3) is 0 Å². The summed E-state index contributed by atoms with van der Waals surface area (Å²) in [4.78, 5) is 27.0. The molecule has 1 aliphatic heterocycles. The zero-order valence-corrected chi connectivity index (χ0v) is 15.0. The van der Waals surface area contributed by atoms with Crippen molar-refractivity contribution in [1.82, 2.24) is 15.6 Å². The summed E-state index contributed by atoms with van der Waals surface area (Å²) in [5.74, 6) is -1.16. The first kappa shape index (κ1) is 18.2. The highest BCUT2D eigenvalue weighted by atomic mass is 19.1. The summed E-state index contributed by atoms with van der Waals surface area (Å²) in [5, 5.41) is 6.10. The van der Waals surface area contributed by atoms with Crippen LogP contribution in [-0.2, 0) is 16.0 Å². The van der Waals surface area contributed by atoms with E-state index in [-0.39, 0.29) is 29.9 Å². The fourth-order valence-electron chi connectivity index (χ4n) is 3.60. The second-order valence-electron chi connectivity index (χ2n) is 6.85. The van der Waals surface area contributed by atoms with Crippen molar-refractivity contribution in [2.45, 2.75) is 25.3 Å². The molecule has 0 radical (unpaired) electrons. The molecule has 1 atom stereocenters. The third-order valence-corrected chi connectivity index (χ3v) is 5.01. The minimum absolute atomic E-state index is 0.154. The first-order chi connectivity index (χ1) is 13.5. The zero-order chi connectivity index (χ0) is 19.7. The van der Waals surface area contributed by atoms with Crippen molar-refractivity contribution in [3.8, 4) is 11.3 Å². The third kappa shape index (κ3) is 3.47. The lowest BCUT2D eigenvalue weighted by molar-refractivity contribution is -0.127. The number of H-pyrrole nitrogens is 1. The number of carbonyl (C=O) groups is 2. The van der Waals surface area contributed by atoms with E-state index in [1.54, 1.807) is 24.3 Å². The molecule has 4 rings (SSSR count). The first-order valence-corrected chi connectivity index (χ1v) is 9.15. The van der Waals surface area contributed by atoms with Gasteiger partial charge in [-0.25, -0.2) is 8.78 Å². The second-order valence-corrected chi connectivity index (χ2v) is 6.85. The van der Waals surface area contributed by atoms with Gasteiger partial charge in [0.05, 0.1) is 5.52 Å². The van der Waals surface area contributed by atoms with E-state index < -0.39 is 6.04 Å². The largest absolute Gasteiger partial charge is 0.354 e. The van der Waals surface area contributed by atoms with Crippen LogP contribution in [0.4, 0.5) is 8.78 Å². The van der Waals surface area contributed by atoms with Gasteiger partial charge < -0.3 is 15.6 Å². The van der Waals surface area contributed by atoms with Crippen molar-refractivity contribution in [1.29, 1.82) is 0 Å². The number of para-hydroxylation sites is 1. The molecular weight excluding hydrogens is 364 g/mol. The lowest BCUT2D eigenvalue weighted by Crippen LogP contribution is -2.40. The molecule has 5 nitrogen and oxygen atoms in total. The molecule has 2 amide bonds. The number of hydrogen-bond donors (Lipinski definition) is 3. The van der Waals surface area contributed by atoms with Crippen molar-refractivity contribution in [3.05, 3.63) is 59.7 Å². The van der Waals surface area contributed by atoms with E-state index in [9.17, 15) is 18.4 Å². The Kier molecular flexibility index (Phi) is 4.81. The van der Waals surface area contributed by atoms with Crippen LogP contribution in [0.5, 0.6) is 0 Å². The Hall–Kier alpha value is -3.22. The average Bonchev–Trinajstić information content (AvgIpc) is 3.25. The summed E-state index contributed by atoms with van der Waals surface area (Å²) in [6.07, 6.45) is 1.08. The number of aromatic nitrogens is 1. The van der Waals surface area contributed by atoms with Gasteiger partial charge >= 0.3 is 0 Å². The van der Waals surface area contributed by atoms with Crippen LogP contribution < -0.4 is 10.6 Å². The molecule has 1 unspecified atom stereocenters. The van der Waals surface area contributed by atoms with Crippen LogP contribution in [-0.4, -0.2) is 29.4 Å². The van der Waals surface area contributed by atoms with Crippen molar-refractivity contribution in [2.75, 3.05) is 6.54 Å². The number of aromatic amines is 1. The van der Waals surface area contributed by atoms with Gasteiger partial charge in [0.1, 0.15) is 17.7 Å². The summed E-state index contributed by atoms with van der Waals surface area (Å²) in [6.45, 7) is 0.556. The Morgan fingerprint density at radius 1 is 1.14 bits per heavy atom. The quantitative estimate of drug-likeness (QED) is 0.634. The molecule has 0 spiro atoms. The molecule has 1 aliphatic rings. The topological polar surface area (TPSA) is 74.0 Å². The van der Waals surface area contributed by atoms with Crippen LogP contribution in [0.15, 0.2) is 42.5 Å². The van der Waals surface area contributed by atoms with Crippen LogP contribution in [0.2, 0.25) is 0 Å². The summed E-state index contributed by atoms with van der Waals surface area (Å²) in [7, 11) is 0. The van der Waals surface area contributed by atoms with Gasteiger partial charge in [0.15, 0.2) is 0 Å². The van der Waals surface area contributed by atoms with Crippen LogP contribution >= 0.6 is 0 Å².